The highest BCUT2D eigenvalue weighted by Crippen LogP contribution is 2.19. The highest BCUT2D eigenvalue weighted by molar-refractivity contribution is 7.86. The molecule has 1 N–H and O–H groups in total. The maximum absolute atomic E-state index is 12.4. The van der Waals surface area contributed by atoms with E-state index < -0.39 is 10.2 Å². The third-order valence-corrected chi connectivity index (χ3v) is 6.97. The molecule has 0 spiro atoms. The van der Waals surface area contributed by atoms with Gasteiger partial charge < -0.3 is 10.2 Å². The normalized spacial score (nSPS) is 15.2. The average molecular weight is 431 g/mol. The van der Waals surface area contributed by atoms with Crippen LogP contribution in [0.2, 0.25) is 0 Å². The Morgan fingerprint density at radius 3 is 2.03 bits per heavy atom. The minimum Gasteiger partial charge on any atom is -0.343 e. The minimum atomic E-state index is -3.48. The fourth-order valence-electron chi connectivity index (χ4n) is 3.21. The Labute approximate surface area is 177 Å². The van der Waals surface area contributed by atoms with Crippen LogP contribution in [-0.4, -0.2) is 80.6 Å². The number of rotatable bonds is 6. The Morgan fingerprint density at radius 1 is 0.900 bits per heavy atom. The molecule has 1 aliphatic heterocycles. The summed E-state index contributed by atoms with van der Waals surface area (Å²) in [4.78, 5) is 26.3. The van der Waals surface area contributed by atoms with Crippen LogP contribution < -0.4 is 5.32 Å². The van der Waals surface area contributed by atoms with E-state index in [1.807, 2.05) is 42.5 Å². The van der Waals surface area contributed by atoms with Gasteiger partial charge in [-0.15, -0.1) is 0 Å². The average Bonchev–Trinajstić information content (AvgIpc) is 2.78. The van der Waals surface area contributed by atoms with Crippen molar-refractivity contribution in [2.45, 2.75) is 0 Å². The summed E-state index contributed by atoms with van der Waals surface area (Å²) in [5, 5.41) is 2.64. The number of amides is 2. The zero-order valence-corrected chi connectivity index (χ0v) is 17.9. The van der Waals surface area contributed by atoms with Gasteiger partial charge in [0.15, 0.2) is 0 Å². The predicted molar refractivity (Wildman–Crippen MR) is 115 cm³/mol. The van der Waals surface area contributed by atoms with Gasteiger partial charge in [0, 0.05) is 45.8 Å². The highest BCUT2D eigenvalue weighted by atomic mass is 32.2. The molecular weight excluding hydrogens is 404 g/mol. The molecule has 2 amide bonds. The number of benzene rings is 2. The lowest BCUT2D eigenvalue weighted by atomic mass is 10.0. The van der Waals surface area contributed by atoms with E-state index in [1.165, 1.54) is 18.4 Å². The maximum Gasteiger partial charge on any atom is 0.281 e. The van der Waals surface area contributed by atoms with Crippen molar-refractivity contribution < 1.29 is 18.0 Å². The lowest BCUT2D eigenvalue weighted by Gasteiger charge is -2.35. The number of nitrogens with one attached hydrogen (secondary N) is 1. The van der Waals surface area contributed by atoms with E-state index >= 15 is 0 Å². The van der Waals surface area contributed by atoms with Gasteiger partial charge in [-0.1, -0.05) is 42.5 Å². The van der Waals surface area contributed by atoms with Gasteiger partial charge in [-0.2, -0.15) is 17.0 Å². The van der Waals surface area contributed by atoms with Gasteiger partial charge in [0.25, 0.3) is 16.1 Å². The van der Waals surface area contributed by atoms with Gasteiger partial charge in [0.1, 0.15) is 0 Å². The van der Waals surface area contributed by atoms with Crippen LogP contribution in [0, 0.1) is 0 Å². The topological polar surface area (TPSA) is 90.0 Å². The fraction of sp³-hybridized carbons (Fsp3) is 0.333. The first-order valence-corrected chi connectivity index (χ1v) is 11.1. The standard InChI is InChI=1S/C21H26N4O4S/c1-23(2)30(28,29)25-14-12-24(13-15-25)20(26)16-22-21(27)19-10-8-18(9-11-19)17-6-4-3-5-7-17/h3-11H,12-16H2,1-2H3,(H,22,27). The SMILES string of the molecule is CN(C)S(=O)(=O)N1CCN(C(=O)CNC(=O)c2ccc(-c3ccccc3)cc2)CC1. The van der Waals surface area contributed by atoms with Crippen LogP contribution >= 0.6 is 0 Å². The number of hydrogen-bond acceptors (Lipinski definition) is 4. The van der Waals surface area contributed by atoms with Gasteiger partial charge in [-0.25, -0.2) is 0 Å². The number of nitrogens with zero attached hydrogens (tertiary/aromatic N) is 3. The van der Waals surface area contributed by atoms with Crippen LogP contribution in [0.5, 0.6) is 0 Å². The summed E-state index contributed by atoms with van der Waals surface area (Å²) < 4.78 is 26.8. The summed E-state index contributed by atoms with van der Waals surface area (Å²) in [5.41, 5.74) is 2.55. The van der Waals surface area contributed by atoms with Crippen molar-refractivity contribution in [1.29, 1.82) is 0 Å². The van der Waals surface area contributed by atoms with Crippen molar-refractivity contribution in [3.05, 3.63) is 60.2 Å². The van der Waals surface area contributed by atoms with Crippen molar-refractivity contribution in [3.63, 3.8) is 0 Å². The lowest BCUT2D eigenvalue weighted by Crippen LogP contribution is -2.54. The Kier molecular flexibility index (Phi) is 6.86. The summed E-state index contributed by atoms with van der Waals surface area (Å²) in [6.07, 6.45) is 0. The largest absolute Gasteiger partial charge is 0.343 e. The van der Waals surface area contributed by atoms with Crippen LogP contribution in [0.4, 0.5) is 0 Å². The molecule has 8 nitrogen and oxygen atoms in total. The number of piperazine rings is 1. The first kappa shape index (κ1) is 21.9. The molecule has 1 aliphatic rings. The molecule has 30 heavy (non-hydrogen) atoms. The molecule has 0 unspecified atom stereocenters. The second kappa shape index (κ2) is 9.38. The van der Waals surface area contributed by atoms with Crippen molar-refractivity contribution in [3.8, 4) is 11.1 Å². The molecule has 1 heterocycles. The first-order valence-electron chi connectivity index (χ1n) is 9.68. The molecule has 2 aromatic carbocycles. The van der Waals surface area contributed by atoms with Gasteiger partial charge in [-0.05, 0) is 23.3 Å². The monoisotopic (exact) mass is 430 g/mol. The molecule has 2 aromatic rings. The molecular formula is C21H26N4O4S. The maximum atomic E-state index is 12.4. The highest BCUT2D eigenvalue weighted by Gasteiger charge is 2.30. The quantitative estimate of drug-likeness (QED) is 0.741. The van der Waals surface area contributed by atoms with Crippen molar-refractivity contribution in [1.82, 2.24) is 18.8 Å². The fourth-order valence-corrected chi connectivity index (χ4v) is 4.30. The number of carbonyl (C=O) groups is 2. The van der Waals surface area contributed by atoms with Crippen LogP contribution in [-0.2, 0) is 15.0 Å². The molecule has 0 atom stereocenters. The molecule has 0 radical (unpaired) electrons. The minimum absolute atomic E-state index is 0.125. The molecule has 0 aliphatic carbocycles. The summed E-state index contributed by atoms with van der Waals surface area (Å²) in [6, 6.07) is 17.1. The van der Waals surface area contributed by atoms with Crippen LogP contribution in [0.25, 0.3) is 11.1 Å². The summed E-state index contributed by atoms with van der Waals surface area (Å²) in [7, 11) is -0.514. The molecule has 0 saturated carbocycles. The smallest absolute Gasteiger partial charge is 0.281 e. The Balaban J connectivity index is 1.50. The second-order valence-electron chi connectivity index (χ2n) is 7.20. The molecule has 3 rings (SSSR count). The molecule has 1 fully saturated rings. The van der Waals surface area contributed by atoms with Gasteiger partial charge in [-0.3, -0.25) is 9.59 Å². The van der Waals surface area contributed by atoms with E-state index in [9.17, 15) is 18.0 Å². The molecule has 9 heteroatoms. The molecule has 0 bridgehead atoms. The van der Waals surface area contributed by atoms with Crippen LogP contribution in [0.1, 0.15) is 10.4 Å². The van der Waals surface area contributed by atoms with Crippen molar-refractivity contribution in [2.75, 3.05) is 46.8 Å². The van der Waals surface area contributed by atoms with E-state index in [2.05, 4.69) is 5.32 Å². The van der Waals surface area contributed by atoms with Crippen LogP contribution in [0.3, 0.4) is 0 Å². The van der Waals surface area contributed by atoms with E-state index in [4.69, 9.17) is 0 Å². The third-order valence-electron chi connectivity index (χ3n) is 5.03. The zero-order valence-electron chi connectivity index (χ0n) is 17.1. The number of hydrogen-bond donors (Lipinski definition) is 1. The summed E-state index contributed by atoms with van der Waals surface area (Å²) in [5.74, 6) is -0.553. The first-order chi connectivity index (χ1) is 14.3. The lowest BCUT2D eigenvalue weighted by molar-refractivity contribution is -0.131. The molecule has 1 saturated heterocycles. The van der Waals surface area contributed by atoms with Gasteiger partial charge >= 0.3 is 0 Å². The van der Waals surface area contributed by atoms with Crippen LogP contribution in [0.15, 0.2) is 54.6 Å². The van der Waals surface area contributed by atoms with Crippen molar-refractivity contribution >= 4 is 22.0 Å². The van der Waals surface area contributed by atoms with E-state index in [0.29, 0.717) is 18.7 Å². The zero-order chi connectivity index (χ0) is 21.7. The predicted octanol–water partition coefficient (Wildman–Crippen LogP) is 1.03. The van der Waals surface area contributed by atoms with Crippen molar-refractivity contribution in [2.24, 2.45) is 0 Å². The van der Waals surface area contributed by atoms with Gasteiger partial charge in [0.2, 0.25) is 5.91 Å². The Morgan fingerprint density at radius 2 is 1.47 bits per heavy atom. The Hall–Kier alpha value is -2.75. The third kappa shape index (κ3) is 5.05. The molecule has 0 aromatic heterocycles. The van der Waals surface area contributed by atoms with E-state index in [0.717, 1.165) is 15.4 Å². The molecule has 160 valence electrons. The van der Waals surface area contributed by atoms with E-state index in [1.54, 1.807) is 17.0 Å². The summed E-state index contributed by atoms with van der Waals surface area (Å²) in [6.45, 7) is 0.948. The second-order valence-corrected chi connectivity index (χ2v) is 9.34. The van der Waals surface area contributed by atoms with Gasteiger partial charge in [0.05, 0.1) is 6.54 Å². The van der Waals surface area contributed by atoms with E-state index in [-0.39, 0.29) is 31.4 Å². The summed E-state index contributed by atoms with van der Waals surface area (Å²) >= 11 is 0. The number of carbonyl (C=O) groups excluding carboxylic acids is 2. The Bertz CT molecular complexity index is 983.